The highest BCUT2D eigenvalue weighted by atomic mass is 32.2. The second-order valence-electron chi connectivity index (χ2n) is 2.35. The number of aromatic nitrogens is 1. The molecule has 1 unspecified atom stereocenters. The molecule has 0 aliphatic heterocycles. The van der Waals surface area contributed by atoms with Gasteiger partial charge in [-0.3, -0.25) is 10.4 Å². The summed E-state index contributed by atoms with van der Waals surface area (Å²) in [5.74, 6) is 0.0189. The maximum atomic E-state index is 10.2. The third-order valence-electron chi connectivity index (χ3n) is 1.36. The Bertz CT molecular complexity index is 268. The molecular formula is C7H11N3O2S. The Morgan fingerprint density at radius 2 is 2.08 bits per heavy atom. The lowest BCUT2D eigenvalue weighted by atomic mass is 10.3. The summed E-state index contributed by atoms with van der Waals surface area (Å²) in [5, 5.41) is 0. The smallest absolute Gasteiger partial charge is 0.168 e. The van der Waals surface area contributed by atoms with Crippen LogP contribution in [0.3, 0.4) is 0 Å². The second kappa shape index (κ2) is 5.76. The number of hydrogen-bond donors (Lipinski definition) is 3. The normalized spacial score (nSPS) is 12.7. The van der Waals surface area contributed by atoms with Gasteiger partial charge in [0.05, 0.1) is 0 Å². The molecule has 0 aliphatic rings. The quantitative estimate of drug-likeness (QED) is 0.351. The summed E-state index contributed by atoms with van der Waals surface area (Å²) in [7, 11) is 0. The summed E-state index contributed by atoms with van der Waals surface area (Å²) in [6.45, 7) is 0.597. The molecule has 5 nitrogen and oxygen atoms in total. The van der Waals surface area contributed by atoms with Crippen LogP contribution in [0.4, 0.5) is 0 Å². The highest BCUT2D eigenvalue weighted by Crippen LogP contribution is 1.93. The summed E-state index contributed by atoms with van der Waals surface area (Å²) < 4.78 is 18.6. The minimum atomic E-state index is -1.81. The van der Waals surface area contributed by atoms with Crippen LogP contribution in [0.5, 0.6) is 0 Å². The van der Waals surface area contributed by atoms with Gasteiger partial charge in [-0.05, 0) is 17.7 Å². The van der Waals surface area contributed by atoms with Crippen LogP contribution in [0, 0.1) is 0 Å². The van der Waals surface area contributed by atoms with Gasteiger partial charge >= 0.3 is 0 Å². The van der Waals surface area contributed by atoms with E-state index in [2.05, 4.69) is 15.8 Å². The number of hydrogen-bond acceptors (Lipinski definition) is 4. The van der Waals surface area contributed by atoms with E-state index < -0.39 is 11.1 Å². The lowest BCUT2D eigenvalue weighted by Crippen LogP contribution is -2.33. The van der Waals surface area contributed by atoms with E-state index in [-0.39, 0.29) is 5.88 Å². The molecule has 3 N–H and O–H groups in total. The zero-order valence-electron chi connectivity index (χ0n) is 6.93. The number of hydrazine groups is 1. The molecular weight excluding hydrogens is 190 g/mol. The van der Waals surface area contributed by atoms with Gasteiger partial charge in [0.25, 0.3) is 0 Å². The van der Waals surface area contributed by atoms with E-state index in [0.29, 0.717) is 6.54 Å². The number of rotatable bonds is 5. The predicted octanol–water partition coefficient (Wildman–Crippen LogP) is -0.145. The van der Waals surface area contributed by atoms with Gasteiger partial charge in [0, 0.05) is 18.9 Å². The standard InChI is InChI=1S/C7H11N3O2S/c11-13(12)6-10-9-5-7-1-3-8-4-2-7/h1-4,9-10H,5-6H2,(H,11,12). The fourth-order valence-electron chi connectivity index (χ4n) is 0.778. The fraction of sp³-hybridized carbons (Fsp3) is 0.286. The van der Waals surface area contributed by atoms with Crippen molar-refractivity contribution in [3.05, 3.63) is 30.1 Å². The van der Waals surface area contributed by atoms with Gasteiger partial charge in [-0.2, -0.15) is 0 Å². The van der Waals surface area contributed by atoms with E-state index >= 15 is 0 Å². The zero-order valence-corrected chi connectivity index (χ0v) is 7.75. The van der Waals surface area contributed by atoms with Crippen molar-refractivity contribution in [1.82, 2.24) is 15.8 Å². The Hall–Kier alpha value is -0.820. The van der Waals surface area contributed by atoms with Crippen molar-refractivity contribution in [1.29, 1.82) is 0 Å². The minimum absolute atomic E-state index is 0.0189. The van der Waals surface area contributed by atoms with Crippen LogP contribution in [0.25, 0.3) is 0 Å². The topological polar surface area (TPSA) is 74.2 Å². The third-order valence-corrected chi connectivity index (χ3v) is 1.75. The summed E-state index contributed by atoms with van der Waals surface area (Å²) in [6, 6.07) is 3.73. The van der Waals surface area contributed by atoms with Gasteiger partial charge in [-0.25, -0.2) is 9.63 Å². The van der Waals surface area contributed by atoms with Crippen LogP contribution in [-0.4, -0.2) is 19.6 Å². The first kappa shape index (κ1) is 10.3. The Morgan fingerprint density at radius 1 is 1.38 bits per heavy atom. The minimum Gasteiger partial charge on any atom is -0.305 e. The van der Waals surface area contributed by atoms with Crippen molar-refractivity contribution in [2.45, 2.75) is 6.54 Å². The fourth-order valence-corrected chi connectivity index (χ4v) is 1.00. The summed E-state index contributed by atoms with van der Waals surface area (Å²) in [5.41, 5.74) is 6.48. The van der Waals surface area contributed by atoms with Gasteiger partial charge < -0.3 is 4.55 Å². The molecule has 1 aromatic rings. The first-order valence-electron chi connectivity index (χ1n) is 3.71. The van der Waals surface area contributed by atoms with Gasteiger partial charge in [0.2, 0.25) is 0 Å². The van der Waals surface area contributed by atoms with Crippen molar-refractivity contribution in [2.75, 3.05) is 5.88 Å². The predicted molar refractivity (Wildman–Crippen MR) is 49.9 cm³/mol. The van der Waals surface area contributed by atoms with Crippen molar-refractivity contribution in [3.8, 4) is 0 Å². The van der Waals surface area contributed by atoms with E-state index in [4.69, 9.17) is 4.55 Å². The lowest BCUT2D eigenvalue weighted by Gasteiger charge is -2.03. The highest BCUT2D eigenvalue weighted by molar-refractivity contribution is 7.79. The van der Waals surface area contributed by atoms with Crippen LogP contribution < -0.4 is 10.9 Å². The van der Waals surface area contributed by atoms with Gasteiger partial charge in [-0.15, -0.1) is 0 Å². The van der Waals surface area contributed by atoms with E-state index in [9.17, 15) is 4.21 Å². The number of pyridine rings is 1. The zero-order chi connectivity index (χ0) is 9.52. The Morgan fingerprint density at radius 3 is 2.69 bits per heavy atom. The number of nitrogens with one attached hydrogen (secondary N) is 2. The van der Waals surface area contributed by atoms with E-state index in [1.807, 2.05) is 12.1 Å². The van der Waals surface area contributed by atoms with Crippen LogP contribution in [0.15, 0.2) is 24.5 Å². The van der Waals surface area contributed by atoms with Crippen molar-refractivity contribution in [2.24, 2.45) is 0 Å². The molecule has 0 fully saturated rings. The van der Waals surface area contributed by atoms with Gasteiger partial charge in [-0.1, -0.05) is 0 Å². The SMILES string of the molecule is O=S(O)CNNCc1ccncc1. The maximum Gasteiger partial charge on any atom is 0.168 e. The Labute approximate surface area is 78.8 Å². The molecule has 0 aromatic carbocycles. The van der Waals surface area contributed by atoms with E-state index in [1.165, 1.54) is 0 Å². The molecule has 1 aromatic heterocycles. The molecule has 6 heteroatoms. The Balaban J connectivity index is 2.17. The average molecular weight is 201 g/mol. The van der Waals surface area contributed by atoms with Crippen LogP contribution in [0.1, 0.15) is 5.56 Å². The monoisotopic (exact) mass is 201 g/mol. The molecule has 13 heavy (non-hydrogen) atoms. The van der Waals surface area contributed by atoms with Crippen molar-refractivity contribution >= 4 is 11.1 Å². The van der Waals surface area contributed by atoms with Crippen molar-refractivity contribution < 1.29 is 8.76 Å². The first-order valence-corrected chi connectivity index (χ1v) is 4.98. The first-order chi connectivity index (χ1) is 6.29. The van der Waals surface area contributed by atoms with E-state index in [0.717, 1.165) is 5.56 Å². The number of nitrogens with zero attached hydrogens (tertiary/aromatic N) is 1. The Kier molecular flexibility index (Phi) is 4.55. The lowest BCUT2D eigenvalue weighted by molar-refractivity contribution is 0.528. The second-order valence-corrected chi connectivity index (χ2v) is 3.28. The molecule has 1 rings (SSSR count). The van der Waals surface area contributed by atoms with Crippen molar-refractivity contribution in [3.63, 3.8) is 0 Å². The molecule has 1 heterocycles. The third kappa shape index (κ3) is 4.69. The van der Waals surface area contributed by atoms with Crippen LogP contribution in [0.2, 0.25) is 0 Å². The van der Waals surface area contributed by atoms with E-state index in [1.54, 1.807) is 12.4 Å². The molecule has 0 bridgehead atoms. The highest BCUT2D eigenvalue weighted by Gasteiger charge is 1.92. The maximum absolute atomic E-state index is 10.2. The molecule has 0 saturated carbocycles. The molecule has 0 aliphatic carbocycles. The van der Waals surface area contributed by atoms with Crippen LogP contribution in [-0.2, 0) is 17.6 Å². The average Bonchev–Trinajstić information content (AvgIpc) is 2.14. The molecule has 0 amide bonds. The van der Waals surface area contributed by atoms with Gasteiger partial charge in [0.1, 0.15) is 5.88 Å². The van der Waals surface area contributed by atoms with Gasteiger partial charge in [0.15, 0.2) is 11.1 Å². The molecule has 0 saturated heterocycles. The summed E-state index contributed by atoms with van der Waals surface area (Å²) in [4.78, 5) is 3.87. The largest absolute Gasteiger partial charge is 0.305 e. The molecule has 0 spiro atoms. The molecule has 72 valence electrons. The summed E-state index contributed by atoms with van der Waals surface area (Å²) >= 11 is -1.81. The molecule has 0 radical (unpaired) electrons. The van der Waals surface area contributed by atoms with Crippen LogP contribution >= 0.6 is 0 Å². The molecule has 1 atom stereocenters. The summed E-state index contributed by atoms with van der Waals surface area (Å²) in [6.07, 6.45) is 3.39.